The molecule has 0 fully saturated rings. The molecule has 0 radical (unpaired) electrons. The van der Waals surface area contributed by atoms with E-state index in [0.29, 0.717) is 0 Å². The smallest absolute Gasteiger partial charge is 0.116 e. The summed E-state index contributed by atoms with van der Waals surface area (Å²) in [4.78, 5) is 49.0. The Morgan fingerprint density at radius 2 is 0.460 bits per heavy atom. The van der Waals surface area contributed by atoms with Crippen molar-refractivity contribution in [2.24, 2.45) is 0 Å². The number of rotatable bonds is 20. The van der Waals surface area contributed by atoms with Gasteiger partial charge in [-0.3, -0.25) is 0 Å². The zero-order chi connectivity index (χ0) is 68.1. The highest BCUT2D eigenvalue weighted by molar-refractivity contribution is 6.33. The summed E-state index contributed by atoms with van der Waals surface area (Å²) in [6, 6.07) is 68.0. The van der Waals surface area contributed by atoms with Gasteiger partial charge in [0.15, 0.2) is 0 Å². The van der Waals surface area contributed by atoms with Crippen molar-refractivity contribution in [1.29, 1.82) is 0 Å². The van der Waals surface area contributed by atoms with E-state index in [1.165, 1.54) is 44.5 Å². The summed E-state index contributed by atoms with van der Waals surface area (Å²) < 4.78 is 0. The van der Waals surface area contributed by atoms with Gasteiger partial charge < -0.3 is 19.6 Å². The first-order chi connectivity index (χ1) is 49.3. The third kappa shape index (κ3) is 10.3. The number of para-hydroxylation sites is 4. The molecule has 4 heterocycles. The molecule has 490 valence electrons. The van der Waals surface area contributed by atoms with Crippen molar-refractivity contribution in [3.63, 3.8) is 0 Å². The van der Waals surface area contributed by atoms with Crippen LogP contribution in [-0.2, 0) is 51.4 Å². The molecule has 12 heteroatoms. The Hall–Kier alpha value is -11.8. The number of aryl methyl sites for hydroxylation is 8. The van der Waals surface area contributed by atoms with Crippen LogP contribution in [0.25, 0.3) is 75.9 Å². The SMILES string of the molecule is CCc1cc2ncncc2c(CC)c1N(c1ccccc1)c1cc(N(c2ccccc2)c2c(CC)cc3ncncc3c2CC)c2ccc3c(N(c4ccccc4)c4c(CC)cc5ncncc5c4CC)cc(N(c4ccccc4)c4c(CC)cc5ncncc5c4CC)c4ccc1c2c43. The van der Waals surface area contributed by atoms with Gasteiger partial charge in [-0.15, -0.1) is 0 Å². The van der Waals surface area contributed by atoms with Gasteiger partial charge in [-0.2, -0.15) is 0 Å². The number of aromatic nitrogens is 8. The lowest BCUT2D eigenvalue weighted by atomic mass is 9.87. The van der Waals surface area contributed by atoms with Gasteiger partial charge >= 0.3 is 0 Å². The van der Waals surface area contributed by atoms with Gasteiger partial charge in [-0.1, -0.05) is 152 Å². The molecule has 0 atom stereocenters. The van der Waals surface area contributed by atoms with E-state index in [2.05, 4.69) is 257 Å². The van der Waals surface area contributed by atoms with Crippen molar-refractivity contribution in [2.75, 3.05) is 19.6 Å². The highest BCUT2D eigenvalue weighted by Gasteiger charge is 2.34. The van der Waals surface area contributed by atoms with E-state index in [-0.39, 0.29) is 0 Å². The molecule has 0 aliphatic carbocycles. The molecule has 16 aromatic rings. The Labute approximate surface area is 583 Å². The molecule has 0 saturated heterocycles. The minimum absolute atomic E-state index is 0.738. The Balaban J connectivity index is 1.16. The number of anilines is 12. The monoisotopic (exact) mass is 1300 g/mol. The Kier molecular flexibility index (Phi) is 16.7. The maximum atomic E-state index is 4.95. The largest absolute Gasteiger partial charge is 0.309 e. The van der Waals surface area contributed by atoms with Crippen LogP contribution < -0.4 is 19.6 Å². The first-order valence-corrected chi connectivity index (χ1v) is 35.5. The van der Waals surface area contributed by atoms with Gasteiger partial charge in [0, 0.05) is 101 Å². The standard InChI is InChI=1S/C88H78N12/c1-9-55-41-75-71(47-89-51-93-75)63(13-5)85(55)97(59-29-21-17-22-30-59)79-45-80(98(60-31-23-18-24-32-60)86-56(10-2)42-76-72(64(86)14-6)48-90-52-94-76)68-39-40-70-82(100(62-35-27-20-28-36-62)88-58(12-4)44-78-74(66(88)16-8)50-92-54-96-78)46-81(69-38-37-67(79)83(68)84(69)70)99(61-33-25-19-26-34-61)87-57(11-3)43-77-73(65(87)15-7)49-91-53-95-77/h17-54H,9-16H2,1-8H3. The fourth-order valence-corrected chi connectivity index (χ4v) is 16.1. The van der Waals surface area contributed by atoms with Crippen molar-refractivity contribution >= 4 is 144 Å². The molecule has 0 unspecified atom stereocenters. The van der Waals surface area contributed by atoms with E-state index in [1.807, 2.05) is 24.8 Å². The molecule has 0 N–H and O–H groups in total. The van der Waals surface area contributed by atoms with Crippen LogP contribution in [0.2, 0.25) is 0 Å². The average Bonchev–Trinajstić information content (AvgIpc) is 0.694. The van der Waals surface area contributed by atoms with Crippen LogP contribution in [0, 0.1) is 0 Å². The van der Waals surface area contributed by atoms with Crippen LogP contribution in [0.4, 0.5) is 68.2 Å². The fourth-order valence-electron chi connectivity index (χ4n) is 16.1. The quantitative estimate of drug-likeness (QED) is 0.0677. The molecule has 4 aromatic heterocycles. The molecule has 0 aliphatic rings. The van der Waals surface area contributed by atoms with Crippen LogP contribution in [0.5, 0.6) is 0 Å². The molecule has 0 aliphatic heterocycles. The molecule has 100 heavy (non-hydrogen) atoms. The summed E-state index contributed by atoms with van der Waals surface area (Å²) in [7, 11) is 0. The normalized spacial score (nSPS) is 11.7. The van der Waals surface area contributed by atoms with Crippen LogP contribution in [0.1, 0.15) is 99.9 Å². The van der Waals surface area contributed by atoms with Gasteiger partial charge in [0.1, 0.15) is 25.3 Å². The van der Waals surface area contributed by atoms with Crippen molar-refractivity contribution < 1.29 is 0 Å². The number of fused-ring (bicyclic) bond motifs is 4. The summed E-state index contributed by atoms with van der Waals surface area (Å²) in [5, 5.41) is 10.8. The number of hydrogen-bond donors (Lipinski definition) is 0. The number of hydrogen-bond acceptors (Lipinski definition) is 12. The summed E-state index contributed by atoms with van der Waals surface area (Å²) in [5.74, 6) is 0. The minimum Gasteiger partial charge on any atom is -0.309 e. The van der Waals surface area contributed by atoms with Crippen LogP contribution >= 0.6 is 0 Å². The molecular formula is C88H78N12. The molecule has 12 nitrogen and oxygen atoms in total. The van der Waals surface area contributed by atoms with Gasteiger partial charge in [0.2, 0.25) is 0 Å². The second kappa shape index (κ2) is 26.6. The van der Waals surface area contributed by atoms with Crippen molar-refractivity contribution in [3.8, 4) is 0 Å². The molecule has 0 bridgehead atoms. The molecular weight excluding hydrogens is 1230 g/mol. The lowest BCUT2D eigenvalue weighted by Crippen LogP contribution is -2.19. The van der Waals surface area contributed by atoms with Crippen molar-refractivity contribution in [1.82, 2.24) is 39.9 Å². The first-order valence-electron chi connectivity index (χ1n) is 35.5. The predicted molar refractivity (Wildman–Crippen MR) is 416 cm³/mol. The zero-order valence-corrected chi connectivity index (χ0v) is 58.0. The van der Waals surface area contributed by atoms with E-state index >= 15 is 0 Å². The molecule has 16 rings (SSSR count). The van der Waals surface area contributed by atoms with Gasteiger partial charge in [0.05, 0.1) is 67.6 Å². The second-order valence-corrected chi connectivity index (χ2v) is 25.7. The van der Waals surface area contributed by atoms with E-state index in [4.69, 9.17) is 39.9 Å². The van der Waals surface area contributed by atoms with Gasteiger partial charge in [-0.05, 0) is 181 Å². The second-order valence-electron chi connectivity index (χ2n) is 25.7. The summed E-state index contributed by atoms with van der Waals surface area (Å²) in [6.07, 6.45) is 20.7. The van der Waals surface area contributed by atoms with E-state index in [0.717, 1.165) is 196 Å². The minimum atomic E-state index is 0.738. The number of benzene rings is 12. The number of nitrogens with zero attached hydrogens (tertiary/aromatic N) is 12. The van der Waals surface area contributed by atoms with Gasteiger partial charge in [-0.25, -0.2) is 39.9 Å². The summed E-state index contributed by atoms with van der Waals surface area (Å²) >= 11 is 0. The maximum Gasteiger partial charge on any atom is 0.116 e. The molecule has 0 spiro atoms. The Morgan fingerprint density at radius 3 is 0.660 bits per heavy atom. The lowest BCUT2D eigenvalue weighted by molar-refractivity contribution is 1.06. The summed E-state index contributed by atoms with van der Waals surface area (Å²) in [6.45, 7) is 18.2. The topological polar surface area (TPSA) is 116 Å². The Morgan fingerprint density at radius 1 is 0.240 bits per heavy atom. The van der Waals surface area contributed by atoms with E-state index in [9.17, 15) is 0 Å². The first kappa shape index (κ1) is 63.0. The highest BCUT2D eigenvalue weighted by Crippen LogP contribution is 2.58. The van der Waals surface area contributed by atoms with Gasteiger partial charge in [0.25, 0.3) is 0 Å². The lowest BCUT2D eigenvalue weighted by Gasteiger charge is -2.37. The third-order valence-electron chi connectivity index (χ3n) is 20.5. The maximum absolute atomic E-state index is 4.95. The molecule has 0 saturated carbocycles. The zero-order valence-electron chi connectivity index (χ0n) is 58.0. The fraction of sp³-hybridized carbons (Fsp3) is 0.182. The predicted octanol–water partition coefficient (Wildman–Crippen LogP) is 22.7. The third-order valence-corrected chi connectivity index (χ3v) is 20.5. The van der Waals surface area contributed by atoms with Crippen LogP contribution in [0.15, 0.2) is 232 Å². The molecule has 0 amide bonds. The van der Waals surface area contributed by atoms with Crippen LogP contribution in [-0.4, -0.2) is 39.9 Å². The molecule has 12 aromatic carbocycles. The highest BCUT2D eigenvalue weighted by atomic mass is 15.2. The summed E-state index contributed by atoms with van der Waals surface area (Å²) in [5.41, 5.74) is 26.0. The van der Waals surface area contributed by atoms with E-state index in [1.54, 1.807) is 25.3 Å². The van der Waals surface area contributed by atoms with Crippen molar-refractivity contribution in [2.45, 2.75) is 107 Å². The Bertz CT molecular complexity index is 5050. The van der Waals surface area contributed by atoms with E-state index < -0.39 is 0 Å². The van der Waals surface area contributed by atoms with Crippen molar-refractivity contribution in [3.05, 3.63) is 277 Å². The average molecular weight is 1300 g/mol. The van der Waals surface area contributed by atoms with Crippen LogP contribution in [0.3, 0.4) is 0 Å².